The predicted octanol–water partition coefficient (Wildman–Crippen LogP) is 4.18. The van der Waals surface area contributed by atoms with E-state index in [2.05, 4.69) is 31.9 Å². The van der Waals surface area contributed by atoms with E-state index in [1.54, 1.807) is 25.3 Å². The van der Waals surface area contributed by atoms with Crippen molar-refractivity contribution in [3.05, 3.63) is 56.4 Å². The highest BCUT2D eigenvalue weighted by Crippen LogP contribution is 2.25. The lowest BCUT2D eigenvalue weighted by Gasteiger charge is -2.02. The Morgan fingerprint density at radius 2 is 2.06 bits per heavy atom. The second kappa shape index (κ2) is 5.82. The average molecular weight is 374 g/mol. The summed E-state index contributed by atoms with van der Waals surface area (Å²) in [6, 6.07) is 8.78. The van der Waals surface area contributed by atoms with Gasteiger partial charge >= 0.3 is 0 Å². The van der Waals surface area contributed by atoms with Gasteiger partial charge < -0.3 is 9.15 Å². The van der Waals surface area contributed by atoms with Gasteiger partial charge in [0.1, 0.15) is 12.4 Å². The van der Waals surface area contributed by atoms with Crippen LogP contribution in [0, 0.1) is 0 Å². The molecule has 0 bridgehead atoms. The first-order valence-electron chi connectivity index (χ1n) is 5.19. The molecule has 0 fully saturated rings. The minimum atomic E-state index is -0.156. The SMILES string of the molecule is COCc1ccc(C(=O)c2ccc(Br)cc2Br)o1. The number of methoxy groups -OCH3 is 1. The predicted molar refractivity (Wildman–Crippen MR) is 74.7 cm³/mol. The highest BCUT2D eigenvalue weighted by atomic mass is 79.9. The molecule has 0 aliphatic heterocycles. The van der Waals surface area contributed by atoms with Crippen molar-refractivity contribution in [2.45, 2.75) is 6.61 Å². The number of ketones is 1. The number of carbonyl (C=O) groups is 1. The van der Waals surface area contributed by atoms with Crippen LogP contribution in [0.4, 0.5) is 0 Å². The van der Waals surface area contributed by atoms with E-state index < -0.39 is 0 Å². The molecule has 0 atom stereocenters. The molecule has 0 aliphatic rings. The molecule has 0 saturated heterocycles. The molecule has 18 heavy (non-hydrogen) atoms. The maximum Gasteiger partial charge on any atom is 0.229 e. The number of hydrogen-bond donors (Lipinski definition) is 0. The Hall–Kier alpha value is -0.910. The number of hydrogen-bond acceptors (Lipinski definition) is 3. The van der Waals surface area contributed by atoms with E-state index in [1.807, 2.05) is 12.1 Å². The van der Waals surface area contributed by atoms with E-state index in [4.69, 9.17) is 9.15 Å². The van der Waals surface area contributed by atoms with Gasteiger partial charge in [-0.15, -0.1) is 0 Å². The molecule has 1 aromatic heterocycles. The number of furan rings is 1. The van der Waals surface area contributed by atoms with Gasteiger partial charge in [0.25, 0.3) is 0 Å². The first-order chi connectivity index (χ1) is 8.61. The molecule has 0 radical (unpaired) electrons. The van der Waals surface area contributed by atoms with Crippen LogP contribution in [0.15, 0.2) is 43.7 Å². The Balaban J connectivity index is 2.29. The number of halogens is 2. The van der Waals surface area contributed by atoms with Crippen molar-refractivity contribution in [3.63, 3.8) is 0 Å². The summed E-state index contributed by atoms with van der Waals surface area (Å²) < 4.78 is 12.0. The van der Waals surface area contributed by atoms with E-state index >= 15 is 0 Å². The van der Waals surface area contributed by atoms with Crippen LogP contribution in [-0.2, 0) is 11.3 Å². The van der Waals surface area contributed by atoms with Gasteiger partial charge in [0, 0.05) is 21.6 Å². The maximum absolute atomic E-state index is 12.2. The fraction of sp³-hybridized carbons (Fsp3) is 0.154. The van der Waals surface area contributed by atoms with Crippen molar-refractivity contribution in [1.29, 1.82) is 0 Å². The van der Waals surface area contributed by atoms with Crippen molar-refractivity contribution in [1.82, 2.24) is 0 Å². The average Bonchev–Trinajstić information content (AvgIpc) is 2.77. The highest BCUT2D eigenvalue weighted by molar-refractivity contribution is 9.11. The van der Waals surface area contributed by atoms with Gasteiger partial charge in [0.2, 0.25) is 5.78 Å². The summed E-state index contributed by atoms with van der Waals surface area (Å²) in [5.74, 6) is 0.788. The quantitative estimate of drug-likeness (QED) is 0.754. The molecule has 1 aromatic carbocycles. The summed E-state index contributed by atoms with van der Waals surface area (Å²) >= 11 is 6.71. The molecular formula is C13H10Br2O3. The van der Waals surface area contributed by atoms with Gasteiger partial charge in [-0.3, -0.25) is 4.79 Å². The highest BCUT2D eigenvalue weighted by Gasteiger charge is 2.16. The molecule has 2 rings (SSSR count). The summed E-state index contributed by atoms with van der Waals surface area (Å²) in [6.07, 6.45) is 0. The Morgan fingerprint density at radius 1 is 1.28 bits per heavy atom. The number of carbonyl (C=O) groups excluding carboxylic acids is 1. The molecule has 1 heterocycles. The van der Waals surface area contributed by atoms with E-state index in [0.717, 1.165) is 8.95 Å². The van der Waals surface area contributed by atoms with Gasteiger partial charge in [-0.1, -0.05) is 15.9 Å². The summed E-state index contributed by atoms with van der Waals surface area (Å²) in [6.45, 7) is 0.356. The van der Waals surface area contributed by atoms with Gasteiger partial charge in [-0.05, 0) is 46.3 Å². The lowest BCUT2D eigenvalue weighted by Crippen LogP contribution is -2.00. The summed E-state index contributed by atoms with van der Waals surface area (Å²) in [7, 11) is 1.58. The molecular weight excluding hydrogens is 364 g/mol. The lowest BCUT2D eigenvalue weighted by molar-refractivity contribution is 0.0999. The Labute approximate surface area is 121 Å². The Bertz CT molecular complexity index is 575. The smallest absolute Gasteiger partial charge is 0.229 e. The minimum Gasteiger partial charge on any atom is -0.455 e. The van der Waals surface area contributed by atoms with E-state index in [1.165, 1.54) is 0 Å². The van der Waals surface area contributed by atoms with Crippen LogP contribution in [0.2, 0.25) is 0 Å². The van der Waals surface area contributed by atoms with Crippen LogP contribution in [0.5, 0.6) is 0 Å². The molecule has 94 valence electrons. The fourth-order valence-electron chi connectivity index (χ4n) is 1.53. The van der Waals surface area contributed by atoms with E-state index in [0.29, 0.717) is 23.7 Å². The molecule has 3 nitrogen and oxygen atoms in total. The zero-order valence-electron chi connectivity index (χ0n) is 9.57. The molecule has 0 spiro atoms. The molecule has 0 N–H and O–H groups in total. The zero-order valence-corrected chi connectivity index (χ0v) is 12.7. The van der Waals surface area contributed by atoms with Gasteiger partial charge in [0.15, 0.2) is 5.76 Å². The van der Waals surface area contributed by atoms with Crippen molar-refractivity contribution in [3.8, 4) is 0 Å². The minimum absolute atomic E-state index is 0.156. The van der Waals surface area contributed by atoms with Crippen LogP contribution in [0.25, 0.3) is 0 Å². The van der Waals surface area contributed by atoms with Gasteiger partial charge in [-0.25, -0.2) is 0 Å². The normalized spacial score (nSPS) is 10.6. The van der Waals surface area contributed by atoms with Gasteiger partial charge in [-0.2, -0.15) is 0 Å². The summed E-state index contributed by atoms with van der Waals surface area (Å²) in [4.78, 5) is 12.2. The third kappa shape index (κ3) is 2.91. The Morgan fingerprint density at radius 3 is 2.72 bits per heavy atom. The van der Waals surface area contributed by atoms with Crippen LogP contribution >= 0.6 is 31.9 Å². The summed E-state index contributed by atoms with van der Waals surface area (Å²) in [5, 5.41) is 0. The van der Waals surface area contributed by atoms with Crippen molar-refractivity contribution in [2.75, 3.05) is 7.11 Å². The first-order valence-corrected chi connectivity index (χ1v) is 6.78. The third-order valence-electron chi connectivity index (χ3n) is 2.35. The molecule has 2 aromatic rings. The largest absolute Gasteiger partial charge is 0.455 e. The monoisotopic (exact) mass is 372 g/mol. The molecule has 0 saturated carbocycles. The topological polar surface area (TPSA) is 39.4 Å². The van der Waals surface area contributed by atoms with E-state index in [-0.39, 0.29) is 5.78 Å². The van der Waals surface area contributed by atoms with Crippen molar-refractivity contribution >= 4 is 37.6 Å². The van der Waals surface area contributed by atoms with Crippen LogP contribution in [0.1, 0.15) is 21.9 Å². The fourth-order valence-corrected chi connectivity index (χ4v) is 2.75. The van der Waals surface area contributed by atoms with Crippen molar-refractivity contribution in [2.24, 2.45) is 0 Å². The van der Waals surface area contributed by atoms with Crippen LogP contribution in [-0.4, -0.2) is 12.9 Å². The molecule has 0 aliphatic carbocycles. The molecule has 0 unspecified atom stereocenters. The zero-order chi connectivity index (χ0) is 13.1. The van der Waals surface area contributed by atoms with Crippen molar-refractivity contribution < 1.29 is 13.9 Å². The van der Waals surface area contributed by atoms with E-state index in [9.17, 15) is 4.79 Å². The third-order valence-corrected chi connectivity index (χ3v) is 3.50. The standard InChI is InChI=1S/C13H10Br2O3/c1-17-7-9-3-5-12(18-9)13(16)10-4-2-8(14)6-11(10)15/h2-6H,7H2,1H3. The number of rotatable bonds is 4. The van der Waals surface area contributed by atoms with Crippen LogP contribution < -0.4 is 0 Å². The lowest BCUT2D eigenvalue weighted by atomic mass is 10.1. The molecule has 0 amide bonds. The second-order valence-electron chi connectivity index (χ2n) is 3.65. The second-order valence-corrected chi connectivity index (χ2v) is 5.42. The summed E-state index contributed by atoms with van der Waals surface area (Å²) in [5.41, 5.74) is 0.566. The number of benzene rings is 1. The van der Waals surface area contributed by atoms with Gasteiger partial charge in [0.05, 0.1) is 0 Å². The maximum atomic E-state index is 12.2. The van der Waals surface area contributed by atoms with Crippen LogP contribution in [0.3, 0.4) is 0 Å². The molecule has 5 heteroatoms. The Kier molecular flexibility index (Phi) is 4.37. The number of ether oxygens (including phenoxy) is 1. The first kappa shape index (κ1) is 13.5.